The Morgan fingerprint density at radius 2 is 1.88 bits per heavy atom. The summed E-state index contributed by atoms with van der Waals surface area (Å²) in [6.07, 6.45) is 3.55. The second-order valence-corrected chi connectivity index (χ2v) is 8.20. The standard InChI is InChI=1S/C24H19ClN4O3/c1-13-22-18-8-5-15(16-11-26-29(2)12-16)9-19(18)23(14-3-6-17(25)7-4-14)27-20(10-21(30)31)24(22)32-28-13/h3-9,11-12,20H,10H2,1-2H3,(H,30,31)/t20-/m0/s1. The molecule has 0 aliphatic carbocycles. The van der Waals surface area contributed by atoms with E-state index >= 15 is 0 Å². The Morgan fingerprint density at radius 3 is 2.56 bits per heavy atom. The maximum absolute atomic E-state index is 11.6. The number of benzene rings is 2. The van der Waals surface area contributed by atoms with Gasteiger partial charge in [0.15, 0.2) is 5.76 Å². The zero-order chi connectivity index (χ0) is 22.4. The molecule has 1 N–H and O–H groups in total. The number of aliphatic carboxylic acids is 1. The number of carboxylic acid groups (broad SMARTS) is 1. The number of aryl methyl sites for hydroxylation is 2. The molecule has 0 spiro atoms. The Bertz CT molecular complexity index is 1370. The summed E-state index contributed by atoms with van der Waals surface area (Å²) in [5.74, 6) is -0.500. The molecule has 7 nitrogen and oxygen atoms in total. The maximum atomic E-state index is 11.6. The smallest absolute Gasteiger partial charge is 0.306 e. The monoisotopic (exact) mass is 446 g/mol. The summed E-state index contributed by atoms with van der Waals surface area (Å²) in [6, 6.07) is 12.7. The summed E-state index contributed by atoms with van der Waals surface area (Å²) in [4.78, 5) is 16.5. The van der Waals surface area contributed by atoms with Gasteiger partial charge >= 0.3 is 5.97 Å². The maximum Gasteiger partial charge on any atom is 0.306 e. The highest BCUT2D eigenvalue weighted by Crippen LogP contribution is 2.42. The highest BCUT2D eigenvalue weighted by molar-refractivity contribution is 6.30. The van der Waals surface area contributed by atoms with E-state index in [-0.39, 0.29) is 6.42 Å². The molecule has 4 aromatic rings. The molecule has 1 aliphatic rings. The van der Waals surface area contributed by atoms with E-state index in [9.17, 15) is 9.90 Å². The number of rotatable bonds is 4. The largest absolute Gasteiger partial charge is 0.481 e. The SMILES string of the molecule is Cc1noc2c1-c1ccc(-c3cnn(C)c3)cc1C(c1ccc(Cl)cc1)=N[C@H]2CC(=O)O. The number of aliphatic imine (C=N–C) groups is 1. The van der Waals surface area contributed by atoms with Crippen LogP contribution in [0.1, 0.15) is 35.0 Å². The number of hydrogen-bond donors (Lipinski definition) is 1. The van der Waals surface area contributed by atoms with E-state index in [0.29, 0.717) is 22.2 Å². The molecule has 2 aromatic heterocycles. The fourth-order valence-electron chi connectivity index (χ4n) is 4.08. The van der Waals surface area contributed by atoms with Gasteiger partial charge in [-0.3, -0.25) is 14.5 Å². The van der Waals surface area contributed by atoms with E-state index in [2.05, 4.69) is 16.3 Å². The van der Waals surface area contributed by atoms with Crippen molar-refractivity contribution in [2.75, 3.05) is 0 Å². The van der Waals surface area contributed by atoms with Crippen LogP contribution in [0, 0.1) is 6.92 Å². The minimum Gasteiger partial charge on any atom is -0.481 e. The van der Waals surface area contributed by atoms with Crippen molar-refractivity contribution in [3.63, 3.8) is 0 Å². The molecule has 0 saturated carbocycles. The Morgan fingerprint density at radius 1 is 1.12 bits per heavy atom. The lowest BCUT2D eigenvalue weighted by Gasteiger charge is -2.13. The molecule has 1 aliphatic heterocycles. The van der Waals surface area contributed by atoms with Crippen LogP contribution in [0.2, 0.25) is 5.02 Å². The van der Waals surface area contributed by atoms with Gasteiger partial charge in [-0.05, 0) is 36.2 Å². The van der Waals surface area contributed by atoms with Gasteiger partial charge in [0, 0.05) is 35.0 Å². The highest BCUT2D eigenvalue weighted by Gasteiger charge is 2.31. The number of nitrogens with zero attached hydrogens (tertiary/aromatic N) is 4. The topological polar surface area (TPSA) is 93.5 Å². The number of carboxylic acids is 1. The summed E-state index contributed by atoms with van der Waals surface area (Å²) in [7, 11) is 1.87. The molecule has 32 heavy (non-hydrogen) atoms. The molecule has 3 heterocycles. The van der Waals surface area contributed by atoms with Gasteiger partial charge in [-0.1, -0.05) is 41.0 Å². The first kappa shape index (κ1) is 20.2. The predicted octanol–water partition coefficient (Wildman–Crippen LogP) is 5.07. The van der Waals surface area contributed by atoms with Gasteiger partial charge in [0.2, 0.25) is 0 Å². The fraction of sp³-hybridized carbons (Fsp3) is 0.167. The lowest BCUT2D eigenvalue weighted by Crippen LogP contribution is -2.08. The molecule has 0 radical (unpaired) electrons. The van der Waals surface area contributed by atoms with Crippen LogP contribution in [0.15, 0.2) is 64.4 Å². The van der Waals surface area contributed by atoms with Crippen molar-refractivity contribution in [2.45, 2.75) is 19.4 Å². The molecule has 8 heteroatoms. The molecule has 1 atom stereocenters. The molecular formula is C24H19ClN4O3. The average molecular weight is 447 g/mol. The third-order valence-corrected chi connectivity index (χ3v) is 5.80. The van der Waals surface area contributed by atoms with Gasteiger partial charge < -0.3 is 9.63 Å². The van der Waals surface area contributed by atoms with E-state index in [1.807, 2.05) is 44.4 Å². The number of carbonyl (C=O) groups is 1. The van der Waals surface area contributed by atoms with Gasteiger partial charge in [0.25, 0.3) is 0 Å². The molecule has 0 bridgehead atoms. The van der Waals surface area contributed by atoms with Crippen LogP contribution in [0.3, 0.4) is 0 Å². The van der Waals surface area contributed by atoms with Crippen molar-refractivity contribution in [1.82, 2.24) is 14.9 Å². The molecular weight excluding hydrogens is 428 g/mol. The Hall–Kier alpha value is -3.71. The van der Waals surface area contributed by atoms with Crippen molar-refractivity contribution < 1.29 is 14.4 Å². The average Bonchev–Trinajstić information content (AvgIpc) is 3.33. The molecule has 160 valence electrons. The third kappa shape index (κ3) is 3.50. The number of hydrogen-bond acceptors (Lipinski definition) is 5. The second kappa shape index (κ2) is 7.76. The molecule has 0 saturated heterocycles. The highest BCUT2D eigenvalue weighted by atomic mass is 35.5. The van der Waals surface area contributed by atoms with Crippen molar-refractivity contribution in [3.05, 3.63) is 82.5 Å². The molecule has 2 aromatic carbocycles. The van der Waals surface area contributed by atoms with Gasteiger partial charge in [0.05, 0.1) is 29.6 Å². The zero-order valence-corrected chi connectivity index (χ0v) is 18.2. The summed E-state index contributed by atoms with van der Waals surface area (Å²) in [5.41, 5.74) is 6.71. The van der Waals surface area contributed by atoms with Gasteiger partial charge in [-0.15, -0.1) is 0 Å². The van der Waals surface area contributed by atoms with Crippen LogP contribution < -0.4 is 0 Å². The Labute approximate surface area is 189 Å². The van der Waals surface area contributed by atoms with E-state index in [0.717, 1.165) is 33.4 Å². The minimum atomic E-state index is -0.962. The van der Waals surface area contributed by atoms with Crippen LogP contribution in [0.5, 0.6) is 0 Å². The lowest BCUT2D eigenvalue weighted by molar-refractivity contribution is -0.137. The van der Waals surface area contributed by atoms with Crippen LogP contribution >= 0.6 is 11.6 Å². The summed E-state index contributed by atoms with van der Waals surface area (Å²) in [6.45, 7) is 1.85. The van der Waals surface area contributed by atoms with Crippen LogP contribution in [0.4, 0.5) is 0 Å². The first-order valence-corrected chi connectivity index (χ1v) is 10.4. The molecule has 0 unspecified atom stereocenters. The first-order valence-electron chi connectivity index (χ1n) is 10.1. The molecule has 0 fully saturated rings. The van der Waals surface area contributed by atoms with Crippen LogP contribution in [-0.2, 0) is 11.8 Å². The van der Waals surface area contributed by atoms with Crippen LogP contribution in [0.25, 0.3) is 22.3 Å². The van der Waals surface area contributed by atoms with Gasteiger partial charge in [-0.25, -0.2) is 0 Å². The minimum absolute atomic E-state index is 0.206. The van der Waals surface area contributed by atoms with E-state index in [1.54, 1.807) is 23.0 Å². The Balaban J connectivity index is 1.79. The van der Waals surface area contributed by atoms with E-state index in [1.165, 1.54) is 0 Å². The lowest BCUT2D eigenvalue weighted by atomic mass is 9.90. The van der Waals surface area contributed by atoms with Gasteiger partial charge in [0.1, 0.15) is 6.04 Å². The first-order chi connectivity index (χ1) is 15.4. The predicted molar refractivity (Wildman–Crippen MR) is 121 cm³/mol. The van der Waals surface area contributed by atoms with Crippen molar-refractivity contribution in [2.24, 2.45) is 12.0 Å². The fourth-order valence-corrected chi connectivity index (χ4v) is 4.20. The summed E-state index contributed by atoms with van der Waals surface area (Å²) in [5, 5.41) is 18.5. The number of fused-ring (bicyclic) bond motifs is 3. The zero-order valence-electron chi connectivity index (χ0n) is 17.4. The van der Waals surface area contributed by atoms with Crippen molar-refractivity contribution in [3.8, 4) is 22.3 Å². The third-order valence-electron chi connectivity index (χ3n) is 5.54. The second-order valence-electron chi connectivity index (χ2n) is 7.77. The van der Waals surface area contributed by atoms with Gasteiger partial charge in [-0.2, -0.15) is 5.10 Å². The molecule has 5 rings (SSSR count). The van der Waals surface area contributed by atoms with E-state index in [4.69, 9.17) is 21.1 Å². The number of aromatic nitrogens is 3. The summed E-state index contributed by atoms with van der Waals surface area (Å²) >= 11 is 6.11. The van der Waals surface area contributed by atoms with E-state index < -0.39 is 12.0 Å². The van der Waals surface area contributed by atoms with Crippen molar-refractivity contribution in [1.29, 1.82) is 0 Å². The normalized spacial score (nSPS) is 15.0. The number of halogens is 1. The van der Waals surface area contributed by atoms with Crippen LogP contribution in [-0.4, -0.2) is 31.7 Å². The molecule has 0 amide bonds. The quantitative estimate of drug-likeness (QED) is 0.472. The Kier molecular flexibility index (Phi) is 4.90. The van der Waals surface area contributed by atoms with Crippen molar-refractivity contribution >= 4 is 23.3 Å². The summed E-state index contributed by atoms with van der Waals surface area (Å²) < 4.78 is 7.35.